The molecule has 0 bridgehead atoms. The first-order chi connectivity index (χ1) is 14.5. The number of thioether (sulfide) groups is 1. The maximum Gasteiger partial charge on any atom is 0.255 e. The highest BCUT2D eigenvalue weighted by atomic mass is 79.9. The molecule has 2 unspecified atom stereocenters. The Kier molecular flexibility index (Phi) is 4.62. The summed E-state index contributed by atoms with van der Waals surface area (Å²) in [7, 11) is 0. The van der Waals surface area contributed by atoms with Crippen LogP contribution in [0.15, 0.2) is 46.0 Å². The van der Waals surface area contributed by atoms with Crippen LogP contribution in [0.3, 0.4) is 0 Å². The summed E-state index contributed by atoms with van der Waals surface area (Å²) in [6, 6.07) is 10.4. The molecule has 1 N–H and O–H groups in total. The molecule has 5 rings (SSSR count). The van der Waals surface area contributed by atoms with Crippen LogP contribution in [0.5, 0.6) is 11.5 Å². The number of halogens is 1. The number of amides is 2. The van der Waals surface area contributed by atoms with Crippen LogP contribution in [-0.4, -0.2) is 35.0 Å². The minimum atomic E-state index is -0.671. The largest absolute Gasteiger partial charge is 0.454 e. The normalized spacial score (nSPS) is 21.6. The minimum absolute atomic E-state index is 0.138. The lowest BCUT2D eigenvalue weighted by molar-refractivity contribution is -0.129. The Morgan fingerprint density at radius 1 is 1.23 bits per heavy atom. The van der Waals surface area contributed by atoms with Gasteiger partial charge in [0.25, 0.3) is 5.91 Å². The molecule has 3 aliphatic rings. The zero-order valence-electron chi connectivity index (χ0n) is 16.1. The maximum absolute atomic E-state index is 13.1. The Bertz CT molecular complexity index is 1110. The number of anilines is 1. The van der Waals surface area contributed by atoms with Crippen molar-refractivity contribution in [1.82, 2.24) is 10.3 Å². The molecule has 0 saturated heterocycles. The van der Waals surface area contributed by atoms with E-state index in [1.807, 2.05) is 42.7 Å². The van der Waals surface area contributed by atoms with E-state index in [-0.39, 0.29) is 18.6 Å². The van der Waals surface area contributed by atoms with Crippen molar-refractivity contribution >= 4 is 50.4 Å². The third-order valence-electron chi connectivity index (χ3n) is 5.24. The number of carbonyl (C=O) groups is 2. The van der Waals surface area contributed by atoms with Crippen LogP contribution in [0.2, 0.25) is 0 Å². The van der Waals surface area contributed by atoms with E-state index in [9.17, 15) is 9.59 Å². The number of rotatable bonds is 1. The lowest BCUT2D eigenvalue weighted by atomic mass is 9.95. The molecule has 3 heterocycles. The van der Waals surface area contributed by atoms with Gasteiger partial charge >= 0.3 is 0 Å². The van der Waals surface area contributed by atoms with Crippen LogP contribution in [0, 0.1) is 0 Å². The fourth-order valence-electron chi connectivity index (χ4n) is 4.00. The molecule has 2 atom stereocenters. The average molecular weight is 489 g/mol. The molecule has 154 valence electrons. The number of carbonyl (C=O) groups excluding carboxylic acids is 2. The van der Waals surface area contributed by atoms with Gasteiger partial charge in [-0.3, -0.25) is 19.5 Å². The minimum Gasteiger partial charge on any atom is -0.454 e. The summed E-state index contributed by atoms with van der Waals surface area (Å²) in [5, 5.41) is 9.71. The number of nitrogens with one attached hydrogen (secondary N) is 1. The first-order valence-electron chi connectivity index (χ1n) is 9.19. The van der Waals surface area contributed by atoms with Crippen molar-refractivity contribution in [3.05, 3.63) is 52.0 Å². The third-order valence-corrected chi connectivity index (χ3v) is 6.50. The molecule has 0 spiro atoms. The third kappa shape index (κ3) is 2.85. The van der Waals surface area contributed by atoms with Crippen molar-refractivity contribution in [2.24, 2.45) is 5.10 Å². The summed E-state index contributed by atoms with van der Waals surface area (Å²) in [6.07, 6.45) is 1.19. The van der Waals surface area contributed by atoms with Crippen molar-refractivity contribution in [1.29, 1.82) is 0 Å². The smallest absolute Gasteiger partial charge is 0.255 e. The number of para-hydroxylation sites is 1. The summed E-state index contributed by atoms with van der Waals surface area (Å²) in [5.41, 5.74) is 2.15. The monoisotopic (exact) mass is 488 g/mol. The van der Waals surface area contributed by atoms with E-state index in [0.29, 0.717) is 22.4 Å². The van der Waals surface area contributed by atoms with Crippen LogP contribution >= 0.6 is 27.7 Å². The van der Waals surface area contributed by atoms with Gasteiger partial charge in [0.2, 0.25) is 12.7 Å². The highest BCUT2D eigenvalue weighted by molar-refractivity contribution is 9.10. The number of nitrogens with zero attached hydrogens (tertiary/aromatic N) is 3. The van der Waals surface area contributed by atoms with E-state index >= 15 is 0 Å². The van der Waals surface area contributed by atoms with Gasteiger partial charge in [-0.1, -0.05) is 45.9 Å². The maximum atomic E-state index is 13.1. The number of hydrogen-bond donors (Lipinski definition) is 1. The molecule has 0 fully saturated rings. The molecule has 10 heteroatoms. The number of hydrogen-bond acceptors (Lipinski definition) is 7. The summed E-state index contributed by atoms with van der Waals surface area (Å²) >= 11 is 4.95. The van der Waals surface area contributed by atoms with E-state index in [0.717, 1.165) is 15.6 Å². The van der Waals surface area contributed by atoms with Crippen molar-refractivity contribution in [2.75, 3.05) is 17.9 Å². The Morgan fingerprint density at radius 2 is 1.97 bits per heavy atom. The Hall–Kier alpha value is -2.72. The number of fused-ring (bicyclic) bond motifs is 4. The predicted octanol–water partition coefficient (Wildman–Crippen LogP) is 3.35. The van der Waals surface area contributed by atoms with Gasteiger partial charge in [-0.25, -0.2) is 0 Å². The number of hydrazone groups is 1. The van der Waals surface area contributed by atoms with E-state index in [1.165, 1.54) is 18.7 Å². The van der Waals surface area contributed by atoms with E-state index in [2.05, 4.69) is 21.2 Å². The first-order valence-corrected chi connectivity index (χ1v) is 11.2. The summed E-state index contributed by atoms with van der Waals surface area (Å²) in [6.45, 7) is 1.65. The van der Waals surface area contributed by atoms with Crippen LogP contribution in [0.4, 0.5) is 5.69 Å². The molecule has 2 amide bonds. The standard InChI is InChI=1S/C20H17BrN4O4S/c1-10(26)24-14-6-4-3-5-11(14)17-18(27)22-20(30-2)23-25(17)19(24)12-7-15-16(8-13(12)21)29-9-28-15/h3-8,17,19H,9H2,1-2H3,(H,22,23,27). The molecule has 8 nitrogen and oxygen atoms in total. The van der Waals surface area contributed by atoms with Gasteiger partial charge in [0, 0.05) is 22.5 Å². The van der Waals surface area contributed by atoms with Gasteiger partial charge < -0.3 is 14.8 Å². The fourth-order valence-corrected chi connectivity index (χ4v) is 4.90. The highest BCUT2D eigenvalue weighted by Gasteiger charge is 2.47. The average Bonchev–Trinajstić information content (AvgIpc) is 3.18. The molecule has 2 aromatic carbocycles. The second-order valence-electron chi connectivity index (χ2n) is 6.93. The molecule has 2 aromatic rings. The van der Waals surface area contributed by atoms with Crippen molar-refractivity contribution < 1.29 is 19.1 Å². The van der Waals surface area contributed by atoms with Crippen molar-refractivity contribution in [3.8, 4) is 11.5 Å². The fraction of sp³-hybridized carbons (Fsp3) is 0.250. The molecule has 0 aromatic heterocycles. The summed E-state index contributed by atoms with van der Waals surface area (Å²) in [5.74, 6) is 0.856. The van der Waals surface area contributed by atoms with Gasteiger partial charge in [0.15, 0.2) is 28.9 Å². The number of ether oxygens (including phenoxy) is 2. The van der Waals surface area contributed by atoms with Crippen molar-refractivity contribution in [3.63, 3.8) is 0 Å². The van der Waals surface area contributed by atoms with Crippen LogP contribution in [0.25, 0.3) is 0 Å². The van der Waals surface area contributed by atoms with Gasteiger partial charge in [-0.05, 0) is 24.5 Å². The zero-order chi connectivity index (χ0) is 21.0. The molecular formula is C20H17BrN4O4S. The summed E-state index contributed by atoms with van der Waals surface area (Å²) in [4.78, 5) is 27.6. The second-order valence-corrected chi connectivity index (χ2v) is 8.58. The lowest BCUT2D eigenvalue weighted by Gasteiger charge is -2.48. The zero-order valence-corrected chi connectivity index (χ0v) is 18.5. The number of benzene rings is 2. The van der Waals surface area contributed by atoms with Gasteiger partial charge in [-0.15, -0.1) is 5.10 Å². The van der Waals surface area contributed by atoms with Crippen LogP contribution in [-0.2, 0) is 9.59 Å². The quantitative estimate of drug-likeness (QED) is 0.662. The molecule has 0 saturated carbocycles. The van der Waals surface area contributed by atoms with E-state index in [1.54, 1.807) is 9.91 Å². The highest BCUT2D eigenvalue weighted by Crippen LogP contribution is 2.49. The first kappa shape index (κ1) is 19.3. The molecule has 3 aliphatic heterocycles. The van der Waals surface area contributed by atoms with E-state index < -0.39 is 12.2 Å². The van der Waals surface area contributed by atoms with Crippen LogP contribution < -0.4 is 19.7 Å². The Morgan fingerprint density at radius 3 is 2.70 bits per heavy atom. The molecule has 30 heavy (non-hydrogen) atoms. The molecule has 0 radical (unpaired) electrons. The summed E-state index contributed by atoms with van der Waals surface area (Å²) < 4.78 is 11.8. The van der Waals surface area contributed by atoms with Gasteiger partial charge in [-0.2, -0.15) is 0 Å². The molecule has 0 aliphatic carbocycles. The second kappa shape index (κ2) is 7.21. The van der Waals surface area contributed by atoms with Gasteiger partial charge in [0.05, 0.1) is 5.69 Å². The van der Waals surface area contributed by atoms with Gasteiger partial charge in [0.1, 0.15) is 0 Å². The Balaban J connectivity index is 1.77. The van der Waals surface area contributed by atoms with Crippen molar-refractivity contribution in [2.45, 2.75) is 19.1 Å². The SMILES string of the molecule is CSC1=NN2C(C(=O)N1)c1ccccc1N(C(C)=O)C2c1cc2c(cc1Br)OCO2. The topological polar surface area (TPSA) is 83.5 Å². The Labute approximate surface area is 185 Å². The lowest BCUT2D eigenvalue weighted by Crippen LogP contribution is -2.55. The van der Waals surface area contributed by atoms with Crippen LogP contribution in [0.1, 0.15) is 30.3 Å². The number of amidine groups is 1. The van der Waals surface area contributed by atoms with E-state index in [4.69, 9.17) is 14.6 Å². The predicted molar refractivity (Wildman–Crippen MR) is 116 cm³/mol. The molecular weight excluding hydrogens is 472 g/mol.